The Bertz CT molecular complexity index is 692. The van der Waals surface area contributed by atoms with Crippen molar-refractivity contribution in [3.05, 3.63) is 51.5 Å². The van der Waals surface area contributed by atoms with Gasteiger partial charge in [0, 0.05) is 9.50 Å². The quantitative estimate of drug-likeness (QED) is 0.801. The molecule has 2 aromatic rings. The van der Waals surface area contributed by atoms with Gasteiger partial charge < -0.3 is 15.4 Å². The molecule has 0 fully saturated rings. The number of halogens is 2. The number of benzene rings is 2. The molecule has 0 aromatic heterocycles. The predicted octanol–water partition coefficient (Wildman–Crippen LogP) is 4.47. The van der Waals surface area contributed by atoms with Gasteiger partial charge in [-0.1, -0.05) is 17.7 Å². The zero-order valence-electron chi connectivity index (χ0n) is 12.2. The number of amides is 1. The van der Waals surface area contributed by atoms with E-state index in [9.17, 15) is 4.79 Å². The van der Waals surface area contributed by atoms with Crippen LogP contribution in [0, 0.1) is 6.92 Å². The first-order chi connectivity index (χ1) is 10.5. The maximum atomic E-state index is 12.0. The number of hydrogen-bond acceptors (Lipinski definition) is 3. The maximum absolute atomic E-state index is 12.0. The van der Waals surface area contributed by atoms with Crippen molar-refractivity contribution in [1.29, 1.82) is 0 Å². The van der Waals surface area contributed by atoms with Crippen molar-refractivity contribution < 1.29 is 9.53 Å². The van der Waals surface area contributed by atoms with Crippen molar-refractivity contribution >= 4 is 44.8 Å². The largest absolute Gasteiger partial charge is 0.495 e. The van der Waals surface area contributed by atoms with Gasteiger partial charge in [-0.25, -0.2) is 0 Å². The molecule has 0 heterocycles. The highest BCUT2D eigenvalue weighted by Gasteiger charge is 2.08. The van der Waals surface area contributed by atoms with Crippen LogP contribution in [-0.4, -0.2) is 19.6 Å². The van der Waals surface area contributed by atoms with Gasteiger partial charge in [-0.05, 0) is 58.7 Å². The molecule has 0 radical (unpaired) electrons. The lowest BCUT2D eigenvalue weighted by molar-refractivity contribution is -0.114. The van der Waals surface area contributed by atoms with E-state index in [2.05, 4.69) is 26.6 Å². The fourth-order valence-electron chi connectivity index (χ4n) is 1.91. The lowest BCUT2D eigenvalue weighted by Crippen LogP contribution is -2.22. The normalized spacial score (nSPS) is 10.2. The van der Waals surface area contributed by atoms with Gasteiger partial charge in [0.2, 0.25) is 5.91 Å². The van der Waals surface area contributed by atoms with E-state index in [1.165, 1.54) is 0 Å². The second-order valence-corrected chi connectivity index (χ2v) is 6.02. The molecule has 0 saturated carbocycles. The van der Waals surface area contributed by atoms with Gasteiger partial charge in [0.05, 0.1) is 25.0 Å². The summed E-state index contributed by atoms with van der Waals surface area (Å²) in [6.07, 6.45) is 0. The first-order valence-corrected chi connectivity index (χ1v) is 7.80. The summed E-state index contributed by atoms with van der Waals surface area (Å²) in [7, 11) is 1.57. The summed E-state index contributed by atoms with van der Waals surface area (Å²) in [5.74, 6) is 0.472. The van der Waals surface area contributed by atoms with Gasteiger partial charge >= 0.3 is 0 Å². The minimum atomic E-state index is -0.161. The molecule has 0 aliphatic rings. The lowest BCUT2D eigenvalue weighted by atomic mass is 10.2. The molecule has 2 rings (SSSR count). The predicted molar refractivity (Wildman–Crippen MR) is 94.0 cm³/mol. The SMILES string of the molecule is COc1ccc(Cl)cc1NCC(=O)Nc1ccc(C)cc1Br. The number of rotatable bonds is 5. The Morgan fingerprint density at radius 3 is 2.68 bits per heavy atom. The summed E-state index contributed by atoms with van der Waals surface area (Å²) in [4.78, 5) is 12.0. The molecular weight excluding hydrogens is 368 g/mol. The van der Waals surface area contributed by atoms with Crippen LogP contribution in [0.4, 0.5) is 11.4 Å². The fourth-order valence-corrected chi connectivity index (χ4v) is 2.67. The third-order valence-corrected chi connectivity index (χ3v) is 3.89. The number of nitrogens with one attached hydrogen (secondary N) is 2. The highest BCUT2D eigenvalue weighted by Crippen LogP contribution is 2.27. The van der Waals surface area contributed by atoms with Crippen LogP contribution in [-0.2, 0) is 4.79 Å². The van der Waals surface area contributed by atoms with Crippen molar-refractivity contribution in [3.8, 4) is 5.75 Å². The topological polar surface area (TPSA) is 50.4 Å². The van der Waals surface area contributed by atoms with Crippen LogP contribution in [0.25, 0.3) is 0 Å². The van der Waals surface area contributed by atoms with E-state index in [4.69, 9.17) is 16.3 Å². The van der Waals surface area contributed by atoms with E-state index in [1.807, 2.05) is 25.1 Å². The molecule has 6 heteroatoms. The van der Waals surface area contributed by atoms with Crippen molar-refractivity contribution in [2.75, 3.05) is 24.3 Å². The number of hydrogen-bond donors (Lipinski definition) is 2. The van der Waals surface area contributed by atoms with E-state index < -0.39 is 0 Å². The zero-order valence-corrected chi connectivity index (χ0v) is 14.6. The average molecular weight is 384 g/mol. The van der Waals surface area contributed by atoms with Crippen LogP contribution in [0.5, 0.6) is 5.75 Å². The van der Waals surface area contributed by atoms with Crippen LogP contribution in [0.1, 0.15) is 5.56 Å². The molecule has 22 heavy (non-hydrogen) atoms. The Labute approximate surface area is 142 Å². The Morgan fingerprint density at radius 2 is 2.00 bits per heavy atom. The number of anilines is 2. The van der Waals surface area contributed by atoms with Crippen molar-refractivity contribution in [2.45, 2.75) is 6.92 Å². The van der Waals surface area contributed by atoms with Crippen LogP contribution >= 0.6 is 27.5 Å². The van der Waals surface area contributed by atoms with Crippen LogP contribution in [0.3, 0.4) is 0 Å². The molecule has 0 bridgehead atoms. The average Bonchev–Trinajstić information content (AvgIpc) is 2.48. The van der Waals surface area contributed by atoms with Crippen molar-refractivity contribution in [2.24, 2.45) is 0 Å². The summed E-state index contributed by atoms with van der Waals surface area (Å²) in [5.41, 5.74) is 2.52. The number of ether oxygens (including phenoxy) is 1. The highest BCUT2D eigenvalue weighted by molar-refractivity contribution is 9.10. The number of aryl methyl sites for hydroxylation is 1. The summed E-state index contributed by atoms with van der Waals surface area (Å²) in [6, 6.07) is 10.9. The first kappa shape index (κ1) is 16.6. The smallest absolute Gasteiger partial charge is 0.243 e. The Balaban J connectivity index is 2.00. The van der Waals surface area contributed by atoms with Crippen LogP contribution < -0.4 is 15.4 Å². The van der Waals surface area contributed by atoms with Gasteiger partial charge in [-0.2, -0.15) is 0 Å². The summed E-state index contributed by atoms with van der Waals surface area (Å²) in [5, 5.41) is 6.43. The molecule has 0 saturated heterocycles. The Hall–Kier alpha value is -1.72. The van der Waals surface area contributed by atoms with Gasteiger partial charge in [0.25, 0.3) is 0 Å². The van der Waals surface area contributed by atoms with E-state index in [0.717, 1.165) is 15.7 Å². The number of carbonyl (C=O) groups excluding carboxylic acids is 1. The minimum Gasteiger partial charge on any atom is -0.495 e. The van der Waals surface area contributed by atoms with Crippen LogP contribution in [0.15, 0.2) is 40.9 Å². The minimum absolute atomic E-state index is 0.108. The van der Waals surface area contributed by atoms with E-state index in [1.54, 1.807) is 25.3 Å². The summed E-state index contributed by atoms with van der Waals surface area (Å²) < 4.78 is 6.07. The maximum Gasteiger partial charge on any atom is 0.243 e. The third kappa shape index (κ3) is 4.39. The Kier molecular flexibility index (Phi) is 5.69. The molecule has 4 nitrogen and oxygen atoms in total. The van der Waals surface area contributed by atoms with E-state index in [-0.39, 0.29) is 12.5 Å². The number of methoxy groups -OCH3 is 1. The molecule has 0 spiro atoms. The summed E-state index contributed by atoms with van der Waals surface area (Å²) >= 11 is 9.38. The highest BCUT2D eigenvalue weighted by atomic mass is 79.9. The molecular formula is C16H16BrClN2O2. The monoisotopic (exact) mass is 382 g/mol. The molecule has 0 unspecified atom stereocenters. The van der Waals surface area contributed by atoms with Gasteiger partial charge in [0.1, 0.15) is 5.75 Å². The van der Waals surface area contributed by atoms with Crippen molar-refractivity contribution in [1.82, 2.24) is 0 Å². The van der Waals surface area contributed by atoms with Gasteiger partial charge in [-0.3, -0.25) is 4.79 Å². The molecule has 2 aromatic carbocycles. The molecule has 116 valence electrons. The zero-order chi connectivity index (χ0) is 16.1. The van der Waals surface area contributed by atoms with E-state index in [0.29, 0.717) is 16.5 Å². The fraction of sp³-hybridized carbons (Fsp3) is 0.188. The third-order valence-electron chi connectivity index (χ3n) is 3.00. The standard InChI is InChI=1S/C16H16BrClN2O2/c1-10-3-5-13(12(17)7-10)20-16(21)9-19-14-8-11(18)4-6-15(14)22-2/h3-8,19H,9H2,1-2H3,(H,20,21). The second-order valence-electron chi connectivity index (χ2n) is 4.73. The summed E-state index contributed by atoms with van der Waals surface area (Å²) in [6.45, 7) is 2.10. The molecule has 0 atom stereocenters. The van der Waals surface area contributed by atoms with Crippen LogP contribution in [0.2, 0.25) is 5.02 Å². The second kappa shape index (κ2) is 7.51. The number of carbonyl (C=O) groups is 1. The lowest BCUT2D eigenvalue weighted by Gasteiger charge is -2.12. The van der Waals surface area contributed by atoms with Gasteiger partial charge in [-0.15, -0.1) is 0 Å². The molecule has 0 aliphatic heterocycles. The van der Waals surface area contributed by atoms with E-state index >= 15 is 0 Å². The Morgan fingerprint density at radius 1 is 1.23 bits per heavy atom. The molecule has 1 amide bonds. The molecule has 0 aliphatic carbocycles. The van der Waals surface area contributed by atoms with Crippen molar-refractivity contribution in [3.63, 3.8) is 0 Å². The van der Waals surface area contributed by atoms with Gasteiger partial charge in [0.15, 0.2) is 0 Å². The molecule has 2 N–H and O–H groups in total. The first-order valence-electron chi connectivity index (χ1n) is 6.63.